The highest BCUT2D eigenvalue weighted by Crippen LogP contribution is 2.06. The molecule has 0 aliphatic carbocycles. The minimum atomic E-state index is 0.0183. The SMILES string of the molecule is Cc1ccc(CCCC(=O)NCCOCCO)cc1. The number of aryl methyl sites for hydroxylation is 2. The van der Waals surface area contributed by atoms with Crippen LogP contribution in [0.4, 0.5) is 0 Å². The van der Waals surface area contributed by atoms with Crippen LogP contribution in [0, 0.1) is 6.92 Å². The van der Waals surface area contributed by atoms with Crippen molar-refractivity contribution < 1.29 is 14.6 Å². The maximum atomic E-state index is 11.5. The van der Waals surface area contributed by atoms with Crippen LogP contribution in [0.1, 0.15) is 24.0 Å². The third-order valence-electron chi connectivity index (χ3n) is 2.79. The smallest absolute Gasteiger partial charge is 0.220 e. The highest BCUT2D eigenvalue weighted by molar-refractivity contribution is 5.75. The summed E-state index contributed by atoms with van der Waals surface area (Å²) in [6, 6.07) is 8.40. The number of hydrogen-bond donors (Lipinski definition) is 2. The number of aliphatic hydroxyl groups excluding tert-OH is 1. The van der Waals surface area contributed by atoms with E-state index >= 15 is 0 Å². The second kappa shape index (κ2) is 9.53. The van der Waals surface area contributed by atoms with Crippen LogP contribution in [-0.2, 0) is 16.0 Å². The molecule has 0 aliphatic rings. The summed E-state index contributed by atoms with van der Waals surface area (Å²) >= 11 is 0. The maximum absolute atomic E-state index is 11.5. The zero-order chi connectivity index (χ0) is 13.9. The Balaban J connectivity index is 2.05. The van der Waals surface area contributed by atoms with E-state index in [1.807, 2.05) is 0 Å². The van der Waals surface area contributed by atoms with E-state index in [4.69, 9.17) is 9.84 Å². The van der Waals surface area contributed by atoms with Crippen molar-refractivity contribution in [2.24, 2.45) is 0 Å². The van der Waals surface area contributed by atoms with Crippen molar-refractivity contribution in [3.05, 3.63) is 35.4 Å². The number of nitrogens with one attached hydrogen (secondary N) is 1. The Bertz CT molecular complexity index is 362. The second-order valence-corrected chi connectivity index (χ2v) is 4.53. The molecule has 0 bridgehead atoms. The van der Waals surface area contributed by atoms with Gasteiger partial charge in [0.2, 0.25) is 5.91 Å². The Hall–Kier alpha value is -1.39. The van der Waals surface area contributed by atoms with Gasteiger partial charge in [-0.25, -0.2) is 0 Å². The van der Waals surface area contributed by atoms with E-state index < -0.39 is 0 Å². The molecule has 0 aliphatic heterocycles. The van der Waals surface area contributed by atoms with Crippen molar-refractivity contribution in [1.82, 2.24) is 5.32 Å². The van der Waals surface area contributed by atoms with Crippen LogP contribution in [0.25, 0.3) is 0 Å². The van der Waals surface area contributed by atoms with Crippen LogP contribution in [0.15, 0.2) is 24.3 Å². The van der Waals surface area contributed by atoms with Gasteiger partial charge in [-0.05, 0) is 25.3 Å². The number of aliphatic hydroxyl groups is 1. The van der Waals surface area contributed by atoms with Gasteiger partial charge in [0.1, 0.15) is 0 Å². The van der Waals surface area contributed by atoms with Crippen LogP contribution in [0.5, 0.6) is 0 Å². The molecule has 0 unspecified atom stereocenters. The monoisotopic (exact) mass is 265 g/mol. The third-order valence-corrected chi connectivity index (χ3v) is 2.79. The van der Waals surface area contributed by atoms with Crippen molar-refractivity contribution in [3.8, 4) is 0 Å². The lowest BCUT2D eigenvalue weighted by Crippen LogP contribution is -2.27. The average molecular weight is 265 g/mol. The molecule has 1 aromatic carbocycles. The van der Waals surface area contributed by atoms with Crippen molar-refractivity contribution >= 4 is 5.91 Å². The molecule has 0 spiro atoms. The van der Waals surface area contributed by atoms with Gasteiger partial charge in [0.15, 0.2) is 0 Å². The fourth-order valence-electron chi connectivity index (χ4n) is 1.73. The predicted molar refractivity (Wildman–Crippen MR) is 75.0 cm³/mol. The molecule has 19 heavy (non-hydrogen) atoms. The zero-order valence-corrected chi connectivity index (χ0v) is 11.5. The first kappa shape index (κ1) is 15.7. The lowest BCUT2D eigenvalue weighted by Gasteiger charge is -2.06. The summed E-state index contributed by atoms with van der Waals surface area (Å²) in [5.41, 5.74) is 2.52. The molecular weight excluding hydrogens is 242 g/mol. The minimum absolute atomic E-state index is 0.0183. The van der Waals surface area contributed by atoms with Crippen molar-refractivity contribution in [1.29, 1.82) is 0 Å². The number of hydrogen-bond acceptors (Lipinski definition) is 3. The Morgan fingerprint density at radius 1 is 1.26 bits per heavy atom. The fraction of sp³-hybridized carbons (Fsp3) is 0.533. The van der Waals surface area contributed by atoms with Gasteiger partial charge in [0, 0.05) is 13.0 Å². The van der Waals surface area contributed by atoms with E-state index in [0.29, 0.717) is 26.2 Å². The van der Waals surface area contributed by atoms with Crippen LogP contribution in [0.3, 0.4) is 0 Å². The summed E-state index contributed by atoms with van der Waals surface area (Å²) < 4.78 is 5.05. The lowest BCUT2D eigenvalue weighted by atomic mass is 10.1. The average Bonchev–Trinajstić information content (AvgIpc) is 2.41. The van der Waals surface area contributed by atoms with Gasteiger partial charge < -0.3 is 15.2 Å². The van der Waals surface area contributed by atoms with Crippen LogP contribution in [0.2, 0.25) is 0 Å². The first-order valence-electron chi connectivity index (χ1n) is 6.73. The number of carbonyl (C=O) groups excluding carboxylic acids is 1. The number of amides is 1. The van der Waals surface area contributed by atoms with E-state index in [1.165, 1.54) is 11.1 Å². The number of rotatable bonds is 9. The summed E-state index contributed by atoms with van der Waals surface area (Å²) in [7, 11) is 0. The van der Waals surface area contributed by atoms with Crippen molar-refractivity contribution in [3.63, 3.8) is 0 Å². The molecule has 1 amide bonds. The Morgan fingerprint density at radius 3 is 2.68 bits per heavy atom. The predicted octanol–water partition coefficient (Wildman–Crippen LogP) is 1.44. The Labute approximate surface area is 114 Å². The molecular formula is C15H23NO3. The standard InChI is InChI=1S/C15H23NO3/c1-13-5-7-14(8-6-13)3-2-4-15(18)16-9-11-19-12-10-17/h5-8,17H,2-4,9-12H2,1H3,(H,16,18). The van der Waals surface area contributed by atoms with E-state index in [1.54, 1.807) is 0 Å². The van der Waals surface area contributed by atoms with Gasteiger partial charge in [0.25, 0.3) is 0 Å². The second-order valence-electron chi connectivity index (χ2n) is 4.53. The minimum Gasteiger partial charge on any atom is -0.394 e. The fourth-order valence-corrected chi connectivity index (χ4v) is 1.73. The van der Waals surface area contributed by atoms with Crippen molar-refractivity contribution in [2.45, 2.75) is 26.2 Å². The molecule has 0 heterocycles. The normalized spacial score (nSPS) is 10.4. The first-order valence-corrected chi connectivity index (χ1v) is 6.73. The maximum Gasteiger partial charge on any atom is 0.220 e. The van der Waals surface area contributed by atoms with Gasteiger partial charge in [-0.1, -0.05) is 29.8 Å². The molecule has 0 saturated carbocycles. The highest BCUT2D eigenvalue weighted by atomic mass is 16.5. The summed E-state index contributed by atoms with van der Waals surface area (Å²) in [4.78, 5) is 11.5. The highest BCUT2D eigenvalue weighted by Gasteiger charge is 2.01. The quantitative estimate of drug-likeness (QED) is 0.664. The molecule has 0 fully saturated rings. The molecule has 4 heteroatoms. The Kier molecular flexibility index (Phi) is 7.86. The number of carbonyl (C=O) groups is 1. The van der Waals surface area contributed by atoms with Gasteiger partial charge in [-0.15, -0.1) is 0 Å². The van der Waals surface area contributed by atoms with Crippen LogP contribution in [-0.4, -0.2) is 37.4 Å². The van der Waals surface area contributed by atoms with Crippen molar-refractivity contribution in [2.75, 3.05) is 26.4 Å². The molecule has 1 aromatic rings. The Morgan fingerprint density at radius 2 is 2.00 bits per heavy atom. The zero-order valence-electron chi connectivity index (χ0n) is 11.5. The van der Waals surface area contributed by atoms with Gasteiger partial charge in [-0.2, -0.15) is 0 Å². The van der Waals surface area contributed by atoms with E-state index in [-0.39, 0.29) is 12.5 Å². The summed E-state index contributed by atoms with van der Waals surface area (Å²) in [6.45, 7) is 3.36. The first-order chi connectivity index (χ1) is 9.22. The topological polar surface area (TPSA) is 58.6 Å². The molecule has 0 radical (unpaired) electrons. The van der Waals surface area contributed by atoms with Gasteiger partial charge in [0.05, 0.1) is 19.8 Å². The van der Waals surface area contributed by atoms with Crippen LogP contribution >= 0.6 is 0 Å². The summed E-state index contributed by atoms with van der Waals surface area (Å²) in [6.07, 6.45) is 2.31. The van der Waals surface area contributed by atoms with Gasteiger partial charge in [-0.3, -0.25) is 4.79 Å². The molecule has 1 rings (SSSR count). The van der Waals surface area contributed by atoms with Gasteiger partial charge >= 0.3 is 0 Å². The molecule has 2 N–H and O–H groups in total. The molecule has 0 saturated heterocycles. The molecule has 4 nitrogen and oxygen atoms in total. The molecule has 0 aromatic heterocycles. The van der Waals surface area contributed by atoms with E-state index in [2.05, 4.69) is 36.5 Å². The summed E-state index contributed by atoms with van der Waals surface area (Å²) in [5, 5.41) is 11.3. The lowest BCUT2D eigenvalue weighted by molar-refractivity contribution is -0.121. The molecule has 106 valence electrons. The largest absolute Gasteiger partial charge is 0.394 e. The molecule has 0 atom stereocenters. The number of benzene rings is 1. The van der Waals surface area contributed by atoms with E-state index in [9.17, 15) is 4.79 Å². The summed E-state index contributed by atoms with van der Waals surface area (Å²) in [5.74, 6) is 0.0553. The third kappa shape index (κ3) is 7.59. The number of ether oxygens (including phenoxy) is 1. The van der Waals surface area contributed by atoms with E-state index in [0.717, 1.165) is 12.8 Å². The van der Waals surface area contributed by atoms with Crippen LogP contribution < -0.4 is 5.32 Å².